The molecule has 33 heavy (non-hydrogen) atoms. The molecule has 0 radical (unpaired) electrons. The Morgan fingerprint density at radius 2 is 1.55 bits per heavy atom. The van der Waals surface area contributed by atoms with Gasteiger partial charge in [-0.2, -0.15) is 0 Å². The molecule has 1 heterocycles. The van der Waals surface area contributed by atoms with Crippen LogP contribution < -0.4 is 23.8 Å². The molecule has 168 valence electrons. The molecule has 1 aliphatic rings. The molecule has 7 heteroatoms. The summed E-state index contributed by atoms with van der Waals surface area (Å²) in [6.45, 7) is 0. The molecule has 0 saturated carbocycles. The van der Waals surface area contributed by atoms with Crippen LogP contribution in [0.15, 0.2) is 66.4 Å². The number of ether oxygens (including phenoxy) is 4. The zero-order chi connectivity index (χ0) is 23.5. The van der Waals surface area contributed by atoms with Gasteiger partial charge in [0.15, 0.2) is 5.76 Å². The molecule has 0 fully saturated rings. The van der Waals surface area contributed by atoms with Crippen LogP contribution in [-0.2, 0) is 0 Å². The number of carbonyl (C=O) groups excluding carboxylic acids is 2. The third-order valence-corrected chi connectivity index (χ3v) is 5.15. The highest BCUT2D eigenvalue weighted by Crippen LogP contribution is 2.35. The second-order valence-electron chi connectivity index (χ2n) is 7.57. The van der Waals surface area contributed by atoms with Crippen LogP contribution in [0.4, 0.5) is 5.69 Å². The van der Waals surface area contributed by atoms with E-state index in [0.29, 0.717) is 22.8 Å². The van der Waals surface area contributed by atoms with Crippen LogP contribution in [0.25, 0.3) is 6.08 Å². The van der Waals surface area contributed by atoms with E-state index < -0.39 is 5.97 Å². The van der Waals surface area contributed by atoms with E-state index in [1.807, 2.05) is 43.3 Å². The number of methoxy groups -OCH3 is 2. The highest BCUT2D eigenvalue weighted by Gasteiger charge is 2.28. The Bertz CT molecular complexity index is 1220. The molecule has 4 rings (SSSR count). The second kappa shape index (κ2) is 9.08. The maximum atomic E-state index is 12.7. The number of carbonyl (C=O) groups is 2. The lowest BCUT2D eigenvalue weighted by atomic mass is 10.1. The molecular formula is C26H23NO6. The Hall–Kier alpha value is -4.26. The van der Waals surface area contributed by atoms with Gasteiger partial charge in [0.05, 0.1) is 25.3 Å². The van der Waals surface area contributed by atoms with Crippen molar-refractivity contribution in [3.8, 4) is 23.0 Å². The van der Waals surface area contributed by atoms with Crippen molar-refractivity contribution >= 4 is 23.5 Å². The van der Waals surface area contributed by atoms with Crippen molar-refractivity contribution in [2.75, 3.05) is 33.2 Å². The van der Waals surface area contributed by atoms with Crippen molar-refractivity contribution in [2.45, 2.75) is 0 Å². The molecule has 3 aromatic carbocycles. The molecule has 0 spiro atoms. The van der Waals surface area contributed by atoms with Crippen LogP contribution >= 0.6 is 0 Å². The average Bonchev–Trinajstić information content (AvgIpc) is 3.13. The van der Waals surface area contributed by atoms with E-state index in [2.05, 4.69) is 0 Å². The first-order valence-electron chi connectivity index (χ1n) is 10.2. The van der Waals surface area contributed by atoms with Crippen LogP contribution in [0.2, 0.25) is 0 Å². The summed E-state index contributed by atoms with van der Waals surface area (Å²) in [7, 11) is 6.92. The lowest BCUT2D eigenvalue weighted by Gasteiger charge is -2.11. The number of esters is 1. The third kappa shape index (κ3) is 4.67. The molecule has 0 bridgehead atoms. The lowest BCUT2D eigenvalue weighted by molar-refractivity contribution is 0.0733. The predicted molar refractivity (Wildman–Crippen MR) is 125 cm³/mol. The Labute approximate surface area is 191 Å². The van der Waals surface area contributed by atoms with Gasteiger partial charge in [0.1, 0.15) is 23.0 Å². The Kier molecular flexibility index (Phi) is 6.04. The summed E-state index contributed by atoms with van der Waals surface area (Å²) in [5, 5.41) is 0. The topological polar surface area (TPSA) is 74.3 Å². The van der Waals surface area contributed by atoms with Gasteiger partial charge in [-0.3, -0.25) is 4.79 Å². The predicted octanol–water partition coefficient (Wildman–Crippen LogP) is 4.61. The highest BCUT2D eigenvalue weighted by molar-refractivity contribution is 6.14. The first kappa shape index (κ1) is 22.0. The number of Topliss-reactive ketones (excluding diaryl/α,β-unsaturated/α-hetero) is 1. The highest BCUT2D eigenvalue weighted by atomic mass is 16.5. The third-order valence-electron chi connectivity index (χ3n) is 5.15. The van der Waals surface area contributed by atoms with Crippen molar-refractivity contribution in [3.63, 3.8) is 0 Å². The van der Waals surface area contributed by atoms with Crippen LogP contribution in [0.5, 0.6) is 23.0 Å². The number of allylic oxidation sites excluding steroid dienone is 1. The van der Waals surface area contributed by atoms with Crippen LogP contribution in [0.1, 0.15) is 26.3 Å². The molecule has 1 aliphatic heterocycles. The van der Waals surface area contributed by atoms with Gasteiger partial charge in [0.2, 0.25) is 5.78 Å². The maximum Gasteiger partial charge on any atom is 0.343 e. The van der Waals surface area contributed by atoms with Gasteiger partial charge >= 0.3 is 5.97 Å². The Morgan fingerprint density at radius 3 is 2.15 bits per heavy atom. The summed E-state index contributed by atoms with van der Waals surface area (Å²) < 4.78 is 21.6. The average molecular weight is 445 g/mol. The summed E-state index contributed by atoms with van der Waals surface area (Å²) in [6.07, 6.45) is 1.69. The molecular weight excluding hydrogens is 422 g/mol. The normalized spacial score (nSPS) is 13.3. The monoisotopic (exact) mass is 445 g/mol. The van der Waals surface area contributed by atoms with Gasteiger partial charge < -0.3 is 23.8 Å². The first-order chi connectivity index (χ1) is 15.9. The van der Waals surface area contributed by atoms with Crippen molar-refractivity contribution in [2.24, 2.45) is 0 Å². The molecule has 0 unspecified atom stereocenters. The second-order valence-corrected chi connectivity index (χ2v) is 7.57. The van der Waals surface area contributed by atoms with Gasteiger partial charge in [-0.15, -0.1) is 0 Å². The standard InChI is InChI=1S/C26H23NO6/c1-27(2)18-7-5-16(6-8-18)11-24-25(28)22-10-9-19(15-23(22)33-24)32-26(29)17-12-20(30-3)14-21(13-17)31-4/h5-15H,1-4H3/b24-11-. The summed E-state index contributed by atoms with van der Waals surface area (Å²) in [5.41, 5.74) is 2.58. The van der Waals surface area contributed by atoms with Gasteiger partial charge in [-0.05, 0) is 48.0 Å². The lowest BCUT2D eigenvalue weighted by Crippen LogP contribution is -2.09. The number of rotatable bonds is 6. The van der Waals surface area contributed by atoms with E-state index in [9.17, 15) is 9.59 Å². The summed E-state index contributed by atoms with van der Waals surface area (Å²) in [4.78, 5) is 27.4. The van der Waals surface area contributed by atoms with Crippen LogP contribution in [0.3, 0.4) is 0 Å². The number of benzene rings is 3. The molecule has 0 aliphatic carbocycles. The maximum absolute atomic E-state index is 12.7. The number of anilines is 1. The zero-order valence-electron chi connectivity index (χ0n) is 18.7. The van der Waals surface area contributed by atoms with Gasteiger partial charge in [-0.25, -0.2) is 4.79 Å². The first-order valence-corrected chi connectivity index (χ1v) is 10.2. The van der Waals surface area contributed by atoms with E-state index in [1.165, 1.54) is 20.3 Å². The number of fused-ring (bicyclic) bond motifs is 1. The number of hydrogen-bond donors (Lipinski definition) is 0. The fourth-order valence-electron chi connectivity index (χ4n) is 3.34. The largest absolute Gasteiger partial charge is 0.497 e. The number of ketones is 1. The van der Waals surface area contributed by atoms with E-state index in [1.54, 1.807) is 36.4 Å². The van der Waals surface area contributed by atoms with Crippen molar-refractivity contribution in [1.82, 2.24) is 0 Å². The van der Waals surface area contributed by atoms with Crippen molar-refractivity contribution in [3.05, 3.63) is 83.1 Å². The minimum atomic E-state index is -0.590. The van der Waals surface area contributed by atoms with Crippen molar-refractivity contribution in [1.29, 1.82) is 0 Å². The fraction of sp³-hybridized carbons (Fsp3) is 0.154. The minimum absolute atomic E-state index is 0.212. The molecule has 0 aromatic heterocycles. The Balaban J connectivity index is 1.53. The van der Waals surface area contributed by atoms with E-state index in [4.69, 9.17) is 18.9 Å². The van der Waals surface area contributed by atoms with E-state index in [0.717, 1.165) is 11.3 Å². The Morgan fingerprint density at radius 1 is 0.879 bits per heavy atom. The SMILES string of the molecule is COc1cc(OC)cc(C(=O)Oc2ccc3c(c2)O/C(=C\c2ccc(N(C)C)cc2)C3=O)c1. The summed E-state index contributed by atoms with van der Waals surface area (Å²) in [5.74, 6) is 0.929. The van der Waals surface area contributed by atoms with E-state index in [-0.39, 0.29) is 22.9 Å². The molecule has 0 N–H and O–H groups in total. The molecule has 0 amide bonds. The minimum Gasteiger partial charge on any atom is -0.497 e. The van der Waals surface area contributed by atoms with Crippen LogP contribution in [-0.4, -0.2) is 40.1 Å². The van der Waals surface area contributed by atoms with Gasteiger partial charge in [0.25, 0.3) is 0 Å². The van der Waals surface area contributed by atoms with Crippen LogP contribution in [0, 0.1) is 0 Å². The van der Waals surface area contributed by atoms with E-state index >= 15 is 0 Å². The quantitative estimate of drug-likeness (QED) is 0.312. The smallest absolute Gasteiger partial charge is 0.343 e. The van der Waals surface area contributed by atoms with Gasteiger partial charge in [0, 0.05) is 31.9 Å². The number of nitrogens with zero attached hydrogens (tertiary/aromatic N) is 1. The van der Waals surface area contributed by atoms with Gasteiger partial charge in [-0.1, -0.05) is 12.1 Å². The molecule has 3 aromatic rings. The molecule has 0 atom stereocenters. The molecule has 7 nitrogen and oxygen atoms in total. The fourth-order valence-corrected chi connectivity index (χ4v) is 3.34. The van der Waals surface area contributed by atoms with Crippen molar-refractivity contribution < 1.29 is 28.5 Å². The summed E-state index contributed by atoms with van der Waals surface area (Å²) >= 11 is 0. The number of hydrogen-bond acceptors (Lipinski definition) is 7. The molecule has 0 saturated heterocycles. The zero-order valence-corrected chi connectivity index (χ0v) is 18.7. The summed E-state index contributed by atoms with van der Waals surface area (Å²) in [6, 6.07) is 17.2.